The van der Waals surface area contributed by atoms with Gasteiger partial charge in [-0.25, -0.2) is 8.42 Å². The standard InChI is InChI=1S/C18H21N5O4S/c1-2-7-15-19-16(27-21-15)12-23-13-8-3-4-9-14(13)28(25,26)17(20-23)18(24)22-10-5-6-11-22/h3-4,8-9H,2,5-7,10-12H2,1H3. The molecule has 1 aromatic heterocycles. The highest BCUT2D eigenvalue weighted by atomic mass is 32.2. The van der Waals surface area contributed by atoms with Crippen molar-refractivity contribution < 1.29 is 17.7 Å². The van der Waals surface area contributed by atoms with E-state index in [9.17, 15) is 13.2 Å². The van der Waals surface area contributed by atoms with Crippen molar-refractivity contribution in [2.45, 2.75) is 44.0 Å². The number of rotatable bonds is 5. The Morgan fingerprint density at radius 3 is 2.71 bits per heavy atom. The third-order valence-corrected chi connectivity index (χ3v) is 6.43. The second-order valence-electron chi connectivity index (χ2n) is 6.79. The van der Waals surface area contributed by atoms with Crippen LogP contribution >= 0.6 is 0 Å². The van der Waals surface area contributed by atoms with Gasteiger partial charge in [0.1, 0.15) is 6.54 Å². The average Bonchev–Trinajstić information content (AvgIpc) is 3.36. The maximum atomic E-state index is 13.0. The number of fused-ring (bicyclic) bond motifs is 1. The zero-order valence-corrected chi connectivity index (χ0v) is 16.4. The molecule has 28 heavy (non-hydrogen) atoms. The Labute approximate surface area is 162 Å². The number of hydrogen-bond acceptors (Lipinski definition) is 8. The number of carbonyl (C=O) groups is 1. The summed E-state index contributed by atoms with van der Waals surface area (Å²) in [4.78, 5) is 18.8. The van der Waals surface area contributed by atoms with Gasteiger partial charge >= 0.3 is 0 Å². The van der Waals surface area contributed by atoms with Crippen LogP contribution in [0.3, 0.4) is 0 Å². The third-order valence-electron chi connectivity index (χ3n) is 4.74. The number of benzene rings is 1. The fourth-order valence-corrected chi connectivity index (χ4v) is 4.84. The fraction of sp³-hybridized carbons (Fsp3) is 0.444. The molecule has 1 aromatic carbocycles. The highest BCUT2D eigenvalue weighted by Gasteiger charge is 2.40. The summed E-state index contributed by atoms with van der Waals surface area (Å²) in [5.74, 6) is 0.344. The number of para-hydroxylation sites is 1. The molecule has 0 bridgehead atoms. The third kappa shape index (κ3) is 3.28. The van der Waals surface area contributed by atoms with E-state index in [4.69, 9.17) is 4.52 Å². The second kappa shape index (κ2) is 7.34. The molecule has 0 saturated carbocycles. The molecule has 0 atom stereocenters. The molecule has 0 unspecified atom stereocenters. The molecule has 4 rings (SSSR count). The first-order valence-corrected chi connectivity index (χ1v) is 10.8. The van der Waals surface area contributed by atoms with Crippen LogP contribution in [-0.4, -0.2) is 47.5 Å². The Bertz CT molecular complexity index is 1020. The van der Waals surface area contributed by atoms with Gasteiger partial charge in [0.2, 0.25) is 20.8 Å². The van der Waals surface area contributed by atoms with E-state index < -0.39 is 20.8 Å². The molecule has 1 saturated heterocycles. The van der Waals surface area contributed by atoms with Crippen LogP contribution in [0.4, 0.5) is 5.69 Å². The van der Waals surface area contributed by atoms with Gasteiger partial charge in [0.05, 0.1) is 10.6 Å². The van der Waals surface area contributed by atoms with Crippen molar-refractivity contribution in [1.29, 1.82) is 0 Å². The number of nitrogens with zero attached hydrogens (tertiary/aromatic N) is 5. The van der Waals surface area contributed by atoms with Gasteiger partial charge in [-0.2, -0.15) is 10.1 Å². The zero-order chi connectivity index (χ0) is 19.7. The molecule has 9 nitrogen and oxygen atoms in total. The highest BCUT2D eigenvalue weighted by Crippen LogP contribution is 2.33. The topological polar surface area (TPSA) is 109 Å². The van der Waals surface area contributed by atoms with Crippen LogP contribution in [-0.2, 0) is 27.6 Å². The summed E-state index contributed by atoms with van der Waals surface area (Å²) in [6, 6.07) is 6.49. The molecule has 3 heterocycles. The van der Waals surface area contributed by atoms with Gasteiger partial charge in [0.15, 0.2) is 5.82 Å². The molecule has 1 amide bonds. The summed E-state index contributed by atoms with van der Waals surface area (Å²) in [5.41, 5.74) is 0.385. The molecule has 0 aliphatic carbocycles. The first-order chi connectivity index (χ1) is 13.5. The van der Waals surface area contributed by atoms with Crippen molar-refractivity contribution >= 4 is 26.5 Å². The van der Waals surface area contributed by atoms with Gasteiger partial charge in [-0.15, -0.1) is 0 Å². The van der Waals surface area contributed by atoms with Crippen LogP contribution in [0.5, 0.6) is 0 Å². The maximum absolute atomic E-state index is 13.0. The first kappa shape index (κ1) is 18.6. The van der Waals surface area contributed by atoms with Crippen LogP contribution in [0.15, 0.2) is 38.8 Å². The average molecular weight is 403 g/mol. The van der Waals surface area contributed by atoms with Crippen molar-refractivity contribution in [1.82, 2.24) is 15.0 Å². The number of hydrazone groups is 1. The van der Waals surface area contributed by atoms with E-state index in [0.29, 0.717) is 36.9 Å². The Hall–Kier alpha value is -2.75. The molecule has 10 heteroatoms. The molecule has 2 aliphatic heterocycles. The molecule has 0 spiro atoms. The Balaban J connectivity index is 1.72. The summed E-state index contributed by atoms with van der Waals surface area (Å²) in [5, 5.41) is 9.12. The quantitative estimate of drug-likeness (QED) is 0.748. The molecule has 0 radical (unpaired) electrons. The van der Waals surface area contributed by atoms with Crippen LogP contribution in [0, 0.1) is 0 Å². The predicted molar refractivity (Wildman–Crippen MR) is 101 cm³/mol. The van der Waals surface area contributed by atoms with Gasteiger partial charge in [0.25, 0.3) is 5.91 Å². The molecule has 2 aliphatic rings. The van der Waals surface area contributed by atoms with E-state index in [1.165, 1.54) is 16.0 Å². The Kier molecular flexibility index (Phi) is 4.88. The Morgan fingerprint density at radius 1 is 1.21 bits per heavy atom. The minimum Gasteiger partial charge on any atom is -0.337 e. The fourth-order valence-electron chi connectivity index (χ4n) is 3.36. The Morgan fingerprint density at radius 2 is 1.96 bits per heavy atom. The maximum Gasteiger partial charge on any atom is 0.286 e. The number of likely N-dealkylation sites (tertiary alicyclic amines) is 1. The lowest BCUT2D eigenvalue weighted by atomic mass is 10.3. The number of amides is 1. The van der Waals surface area contributed by atoms with Gasteiger partial charge < -0.3 is 9.42 Å². The summed E-state index contributed by atoms with van der Waals surface area (Å²) >= 11 is 0. The van der Waals surface area contributed by atoms with Crippen LogP contribution in [0.1, 0.15) is 37.9 Å². The molecule has 1 fully saturated rings. The number of sulfone groups is 1. The lowest BCUT2D eigenvalue weighted by Gasteiger charge is -2.27. The highest BCUT2D eigenvalue weighted by molar-refractivity contribution is 8.08. The number of carbonyl (C=O) groups excluding carboxylic acids is 1. The molecule has 2 aromatic rings. The first-order valence-electron chi connectivity index (χ1n) is 9.31. The van der Waals surface area contributed by atoms with Gasteiger partial charge in [0, 0.05) is 19.5 Å². The van der Waals surface area contributed by atoms with Crippen molar-refractivity contribution in [3.05, 3.63) is 36.0 Å². The van der Waals surface area contributed by atoms with E-state index in [2.05, 4.69) is 15.2 Å². The summed E-state index contributed by atoms with van der Waals surface area (Å²) in [6.45, 7) is 3.18. The van der Waals surface area contributed by atoms with Gasteiger partial charge in [-0.3, -0.25) is 9.80 Å². The van der Waals surface area contributed by atoms with E-state index in [1.807, 2.05) is 6.92 Å². The number of hydrogen-bond donors (Lipinski definition) is 0. The largest absolute Gasteiger partial charge is 0.337 e. The second-order valence-corrected chi connectivity index (χ2v) is 8.62. The van der Waals surface area contributed by atoms with E-state index in [1.54, 1.807) is 18.2 Å². The minimum atomic E-state index is -4.00. The summed E-state index contributed by atoms with van der Waals surface area (Å²) in [7, 11) is -4.00. The molecule has 148 valence electrons. The minimum absolute atomic E-state index is 0.0563. The van der Waals surface area contributed by atoms with E-state index in [-0.39, 0.29) is 11.4 Å². The van der Waals surface area contributed by atoms with E-state index in [0.717, 1.165) is 19.3 Å². The number of aromatic nitrogens is 2. The van der Waals surface area contributed by atoms with Crippen molar-refractivity contribution in [3.63, 3.8) is 0 Å². The monoisotopic (exact) mass is 403 g/mol. The van der Waals surface area contributed by atoms with Crippen molar-refractivity contribution in [2.75, 3.05) is 18.1 Å². The van der Waals surface area contributed by atoms with Gasteiger partial charge in [-0.05, 0) is 31.4 Å². The number of anilines is 1. The zero-order valence-electron chi connectivity index (χ0n) is 15.5. The van der Waals surface area contributed by atoms with Crippen LogP contribution in [0.25, 0.3) is 0 Å². The lowest BCUT2D eigenvalue weighted by molar-refractivity contribution is -0.122. The van der Waals surface area contributed by atoms with Crippen molar-refractivity contribution in [3.8, 4) is 0 Å². The van der Waals surface area contributed by atoms with Crippen LogP contribution in [0.2, 0.25) is 0 Å². The normalized spacial score (nSPS) is 18.1. The van der Waals surface area contributed by atoms with Crippen molar-refractivity contribution in [2.24, 2.45) is 5.10 Å². The lowest BCUT2D eigenvalue weighted by Crippen LogP contribution is -2.42. The SMILES string of the molecule is CCCc1noc(CN2N=C(C(=O)N3CCCC3)S(=O)(=O)c3ccccc32)n1. The molecule has 0 N–H and O–H groups in total. The molecular formula is C18H21N5O4S. The number of aryl methyl sites for hydroxylation is 1. The smallest absolute Gasteiger partial charge is 0.286 e. The summed E-state index contributed by atoms with van der Waals surface area (Å²) < 4.78 is 31.3. The summed E-state index contributed by atoms with van der Waals surface area (Å²) in [6.07, 6.45) is 3.30. The molecular weight excluding hydrogens is 382 g/mol. The predicted octanol–water partition coefficient (Wildman–Crippen LogP) is 1.75. The van der Waals surface area contributed by atoms with Gasteiger partial charge in [-0.1, -0.05) is 24.2 Å². The van der Waals surface area contributed by atoms with Crippen LogP contribution < -0.4 is 5.01 Å². The van der Waals surface area contributed by atoms with E-state index >= 15 is 0 Å².